The second-order valence-electron chi connectivity index (χ2n) is 7.90. The Labute approximate surface area is 202 Å². The van der Waals surface area contributed by atoms with Gasteiger partial charge in [0.2, 0.25) is 16.0 Å². The van der Waals surface area contributed by atoms with Gasteiger partial charge in [0.15, 0.2) is 0 Å². The molecular weight excluding hydrogens is 477 g/mol. The van der Waals surface area contributed by atoms with Gasteiger partial charge in [0, 0.05) is 44.7 Å². The lowest BCUT2D eigenvalue weighted by atomic mass is 10.2. The number of nitrogens with two attached hydrogens (primary N) is 1. The molecule has 3 N–H and O–H groups in total. The lowest BCUT2D eigenvalue weighted by molar-refractivity contribution is -0.116. The lowest BCUT2D eigenvalue weighted by Crippen LogP contribution is -2.47. The largest absolute Gasteiger partial charge is 0.366 e. The molecule has 3 aromatic heterocycles. The van der Waals surface area contributed by atoms with Gasteiger partial charge in [0.1, 0.15) is 10.8 Å². The number of imidazole rings is 1. The van der Waals surface area contributed by atoms with Crippen LogP contribution in [0.5, 0.6) is 0 Å². The van der Waals surface area contributed by atoms with Crippen LogP contribution >= 0.6 is 22.7 Å². The zero-order chi connectivity index (χ0) is 23.7. The SMILES string of the molecule is NC(=O)c1ccsc1NC(=O)CCN1CCN(c2nn3cc(-c4ccc(F)cc4)nc3s2)CC1. The van der Waals surface area contributed by atoms with Crippen LogP contribution in [0.2, 0.25) is 0 Å². The number of primary amides is 1. The highest BCUT2D eigenvalue weighted by Gasteiger charge is 2.22. The molecule has 34 heavy (non-hydrogen) atoms. The summed E-state index contributed by atoms with van der Waals surface area (Å²) < 4.78 is 14.9. The van der Waals surface area contributed by atoms with E-state index in [9.17, 15) is 14.0 Å². The van der Waals surface area contributed by atoms with Crippen molar-refractivity contribution >= 4 is 49.6 Å². The molecule has 4 aromatic rings. The fourth-order valence-corrected chi connectivity index (χ4v) is 5.53. The molecule has 176 valence electrons. The van der Waals surface area contributed by atoms with E-state index in [1.165, 1.54) is 34.8 Å². The first-order chi connectivity index (χ1) is 16.5. The Kier molecular flexibility index (Phi) is 6.26. The van der Waals surface area contributed by atoms with Gasteiger partial charge < -0.3 is 16.0 Å². The van der Waals surface area contributed by atoms with E-state index in [2.05, 4.69) is 25.2 Å². The fraction of sp³-hybridized carbons (Fsp3) is 0.273. The van der Waals surface area contributed by atoms with E-state index in [4.69, 9.17) is 5.73 Å². The number of rotatable bonds is 7. The molecule has 0 unspecified atom stereocenters. The molecule has 1 aliphatic heterocycles. The van der Waals surface area contributed by atoms with Crippen LogP contribution < -0.4 is 16.0 Å². The number of piperazine rings is 1. The van der Waals surface area contributed by atoms with Crippen molar-refractivity contribution in [3.8, 4) is 11.3 Å². The van der Waals surface area contributed by atoms with Gasteiger partial charge in [-0.15, -0.1) is 16.4 Å². The van der Waals surface area contributed by atoms with Gasteiger partial charge in [-0.25, -0.2) is 13.9 Å². The minimum absolute atomic E-state index is 0.134. The number of halogens is 1. The Morgan fingerprint density at radius 1 is 1.12 bits per heavy atom. The second kappa shape index (κ2) is 9.49. The Hall–Kier alpha value is -3.35. The molecule has 2 amide bonds. The van der Waals surface area contributed by atoms with E-state index in [1.54, 1.807) is 28.1 Å². The first-order valence-corrected chi connectivity index (χ1v) is 12.4. The minimum Gasteiger partial charge on any atom is -0.366 e. The number of thiophene rings is 1. The number of nitrogens with zero attached hydrogens (tertiary/aromatic N) is 5. The van der Waals surface area contributed by atoms with Crippen LogP contribution in [0.4, 0.5) is 14.5 Å². The Morgan fingerprint density at radius 3 is 2.59 bits per heavy atom. The predicted molar refractivity (Wildman–Crippen MR) is 131 cm³/mol. The molecule has 0 aliphatic carbocycles. The number of anilines is 2. The molecule has 1 fully saturated rings. The topological polar surface area (TPSA) is 109 Å². The molecule has 5 rings (SSSR count). The fourth-order valence-electron chi connectivity index (χ4n) is 3.79. The second-order valence-corrected chi connectivity index (χ2v) is 9.75. The van der Waals surface area contributed by atoms with E-state index in [1.807, 2.05) is 6.20 Å². The van der Waals surface area contributed by atoms with Gasteiger partial charge in [0.05, 0.1) is 17.5 Å². The standard InChI is InChI=1S/C22H22FN7O2S2/c23-15-3-1-14(2-4-15)17-13-30-21(25-17)34-22(27-30)29-10-8-28(9-11-29)7-5-18(31)26-20-16(19(24)32)6-12-33-20/h1-4,6,12-13H,5,7-11H2,(H2,24,32)(H,26,31). The average Bonchev–Trinajstić information content (AvgIpc) is 3.54. The summed E-state index contributed by atoms with van der Waals surface area (Å²) in [4.78, 5) is 33.6. The first kappa shape index (κ1) is 22.4. The number of aromatic nitrogens is 3. The molecule has 1 saturated heterocycles. The first-order valence-electron chi connectivity index (χ1n) is 10.7. The molecular formula is C22H22FN7O2S2. The van der Waals surface area contributed by atoms with Gasteiger partial charge in [0.25, 0.3) is 5.91 Å². The van der Waals surface area contributed by atoms with E-state index in [0.29, 0.717) is 23.5 Å². The highest BCUT2D eigenvalue weighted by Crippen LogP contribution is 2.27. The lowest BCUT2D eigenvalue weighted by Gasteiger charge is -2.34. The Balaban J connectivity index is 1.12. The Morgan fingerprint density at radius 2 is 1.88 bits per heavy atom. The van der Waals surface area contributed by atoms with Gasteiger partial charge >= 0.3 is 0 Å². The van der Waals surface area contributed by atoms with Crippen molar-refractivity contribution in [1.82, 2.24) is 19.5 Å². The third kappa shape index (κ3) is 4.79. The zero-order valence-electron chi connectivity index (χ0n) is 18.1. The maximum atomic E-state index is 13.2. The van der Waals surface area contributed by atoms with Crippen LogP contribution in [-0.2, 0) is 4.79 Å². The van der Waals surface area contributed by atoms with Crippen molar-refractivity contribution in [3.05, 3.63) is 53.3 Å². The summed E-state index contributed by atoms with van der Waals surface area (Å²) in [5.41, 5.74) is 7.28. The molecule has 9 nitrogen and oxygen atoms in total. The quantitative estimate of drug-likeness (QED) is 0.405. The van der Waals surface area contributed by atoms with Crippen molar-refractivity contribution in [3.63, 3.8) is 0 Å². The summed E-state index contributed by atoms with van der Waals surface area (Å²) in [7, 11) is 0. The molecule has 12 heteroatoms. The maximum absolute atomic E-state index is 13.2. The third-order valence-corrected chi connectivity index (χ3v) is 7.47. The van der Waals surface area contributed by atoms with Gasteiger partial charge in [-0.1, -0.05) is 11.3 Å². The minimum atomic E-state index is -0.547. The predicted octanol–water partition coefficient (Wildman–Crippen LogP) is 2.91. The molecule has 4 heterocycles. The summed E-state index contributed by atoms with van der Waals surface area (Å²) in [6, 6.07) is 7.87. The summed E-state index contributed by atoms with van der Waals surface area (Å²) >= 11 is 2.81. The molecule has 0 atom stereocenters. The van der Waals surface area contributed by atoms with Gasteiger partial charge in [-0.3, -0.25) is 14.5 Å². The summed E-state index contributed by atoms with van der Waals surface area (Å²) in [5.74, 6) is -0.955. The average molecular weight is 500 g/mol. The highest BCUT2D eigenvalue weighted by molar-refractivity contribution is 7.20. The molecule has 1 aliphatic rings. The maximum Gasteiger partial charge on any atom is 0.251 e. The monoisotopic (exact) mass is 499 g/mol. The molecule has 0 spiro atoms. The molecule has 1 aromatic carbocycles. The number of hydrogen-bond acceptors (Lipinski definition) is 8. The van der Waals surface area contributed by atoms with Crippen molar-refractivity contribution in [2.24, 2.45) is 5.73 Å². The summed E-state index contributed by atoms with van der Waals surface area (Å²) in [5, 5.41) is 10.6. The van der Waals surface area contributed by atoms with Gasteiger partial charge in [-0.05, 0) is 35.7 Å². The Bertz CT molecular complexity index is 1290. The summed E-state index contributed by atoms with van der Waals surface area (Å²) in [6.45, 7) is 3.89. The van der Waals surface area contributed by atoms with Crippen LogP contribution in [0.1, 0.15) is 16.8 Å². The summed E-state index contributed by atoms with van der Waals surface area (Å²) in [6.07, 6.45) is 2.20. The van der Waals surface area contributed by atoms with E-state index >= 15 is 0 Å². The molecule has 0 bridgehead atoms. The number of hydrogen-bond donors (Lipinski definition) is 2. The third-order valence-electron chi connectivity index (χ3n) is 5.65. The number of carbonyl (C=O) groups excluding carboxylic acids is 2. The number of amides is 2. The van der Waals surface area contributed by atoms with E-state index < -0.39 is 5.91 Å². The number of nitrogens with one attached hydrogen (secondary N) is 1. The van der Waals surface area contributed by atoms with E-state index in [-0.39, 0.29) is 11.7 Å². The smallest absolute Gasteiger partial charge is 0.251 e. The highest BCUT2D eigenvalue weighted by atomic mass is 32.1. The van der Waals surface area contributed by atoms with Crippen LogP contribution in [0, 0.1) is 5.82 Å². The number of carbonyl (C=O) groups is 2. The van der Waals surface area contributed by atoms with Crippen LogP contribution in [0.15, 0.2) is 41.9 Å². The van der Waals surface area contributed by atoms with Crippen molar-refractivity contribution in [2.45, 2.75) is 6.42 Å². The number of benzene rings is 1. The van der Waals surface area contributed by atoms with Crippen molar-refractivity contribution < 1.29 is 14.0 Å². The van der Waals surface area contributed by atoms with Gasteiger partial charge in [-0.2, -0.15) is 0 Å². The number of fused-ring (bicyclic) bond motifs is 1. The van der Waals surface area contributed by atoms with Crippen molar-refractivity contribution in [1.29, 1.82) is 0 Å². The molecule has 0 radical (unpaired) electrons. The van der Waals surface area contributed by atoms with Crippen LogP contribution in [-0.4, -0.2) is 64.0 Å². The van der Waals surface area contributed by atoms with E-state index in [0.717, 1.165) is 47.5 Å². The van der Waals surface area contributed by atoms with Crippen LogP contribution in [0.25, 0.3) is 16.2 Å². The van der Waals surface area contributed by atoms with Crippen molar-refractivity contribution in [2.75, 3.05) is 42.9 Å². The normalized spacial score (nSPS) is 14.6. The molecule has 0 saturated carbocycles. The van der Waals surface area contributed by atoms with Crippen LogP contribution in [0.3, 0.4) is 0 Å². The zero-order valence-corrected chi connectivity index (χ0v) is 19.7.